The van der Waals surface area contributed by atoms with Gasteiger partial charge in [-0.25, -0.2) is 0 Å². The molecule has 0 unspecified atom stereocenters. The predicted octanol–water partition coefficient (Wildman–Crippen LogP) is 4.32. The van der Waals surface area contributed by atoms with Crippen molar-refractivity contribution in [1.82, 2.24) is 0 Å². The summed E-state index contributed by atoms with van der Waals surface area (Å²) in [4.78, 5) is 11.3. The van der Waals surface area contributed by atoms with Gasteiger partial charge >= 0.3 is 5.97 Å². The maximum Gasteiger partial charge on any atom is 0.305 e. The Morgan fingerprint density at radius 1 is 1.00 bits per heavy atom. The number of esters is 1. The molecule has 0 saturated carbocycles. The van der Waals surface area contributed by atoms with Gasteiger partial charge in [0.25, 0.3) is 0 Å². The lowest BCUT2D eigenvalue weighted by atomic mass is 9.97. The summed E-state index contributed by atoms with van der Waals surface area (Å²) in [6, 6.07) is 19.7. The Bertz CT molecular complexity index is 852. The third-order valence-corrected chi connectivity index (χ3v) is 3.97. The largest absolute Gasteiger partial charge is 0.507 e. The first kappa shape index (κ1) is 15.1. The van der Waals surface area contributed by atoms with Crippen LogP contribution in [0.2, 0.25) is 0 Å². The molecule has 0 atom stereocenters. The minimum absolute atomic E-state index is 0.231. The molecule has 3 aromatic rings. The van der Waals surface area contributed by atoms with Gasteiger partial charge in [0, 0.05) is 12.0 Å². The van der Waals surface area contributed by atoms with Crippen molar-refractivity contribution in [2.75, 3.05) is 7.11 Å². The van der Waals surface area contributed by atoms with Gasteiger partial charge in [-0.1, -0.05) is 42.5 Å². The van der Waals surface area contributed by atoms with Crippen molar-refractivity contribution in [3.63, 3.8) is 0 Å². The molecule has 3 aromatic carbocycles. The number of carbonyl (C=O) groups excluding carboxylic acids is 1. The van der Waals surface area contributed by atoms with Crippen LogP contribution in [-0.4, -0.2) is 18.2 Å². The molecule has 0 aromatic heterocycles. The monoisotopic (exact) mass is 306 g/mol. The first-order valence-corrected chi connectivity index (χ1v) is 7.55. The average molecular weight is 306 g/mol. The van der Waals surface area contributed by atoms with Crippen LogP contribution in [0, 0.1) is 0 Å². The Labute approximate surface area is 135 Å². The minimum Gasteiger partial charge on any atom is -0.507 e. The van der Waals surface area contributed by atoms with Crippen LogP contribution in [-0.2, 0) is 16.0 Å². The Hall–Kier alpha value is -2.81. The maximum absolute atomic E-state index is 11.3. The van der Waals surface area contributed by atoms with Crippen LogP contribution >= 0.6 is 0 Å². The fourth-order valence-electron chi connectivity index (χ4n) is 2.68. The van der Waals surface area contributed by atoms with E-state index in [4.69, 9.17) is 0 Å². The molecule has 0 spiro atoms. The number of ether oxygens (including phenoxy) is 1. The molecule has 0 aliphatic rings. The van der Waals surface area contributed by atoms with Gasteiger partial charge in [0.1, 0.15) is 5.75 Å². The topological polar surface area (TPSA) is 46.5 Å². The number of carbonyl (C=O) groups is 1. The number of phenols is 1. The molecule has 0 fully saturated rings. The highest BCUT2D eigenvalue weighted by Gasteiger charge is 2.08. The quantitative estimate of drug-likeness (QED) is 0.730. The predicted molar refractivity (Wildman–Crippen MR) is 91.4 cm³/mol. The van der Waals surface area contributed by atoms with Crippen molar-refractivity contribution in [1.29, 1.82) is 0 Å². The lowest BCUT2D eigenvalue weighted by Crippen LogP contribution is -2.01. The van der Waals surface area contributed by atoms with Crippen LogP contribution < -0.4 is 0 Å². The maximum atomic E-state index is 11.3. The summed E-state index contributed by atoms with van der Waals surface area (Å²) in [5.74, 6) is 0.00688. The second-order valence-corrected chi connectivity index (χ2v) is 5.49. The molecule has 0 amide bonds. The first-order chi connectivity index (χ1) is 11.2. The molecular formula is C20H18O3. The van der Waals surface area contributed by atoms with Crippen LogP contribution in [0.1, 0.15) is 12.0 Å². The fourth-order valence-corrected chi connectivity index (χ4v) is 2.68. The van der Waals surface area contributed by atoms with Gasteiger partial charge in [0.05, 0.1) is 7.11 Å². The van der Waals surface area contributed by atoms with E-state index >= 15 is 0 Å². The van der Waals surface area contributed by atoms with E-state index in [1.165, 1.54) is 7.11 Å². The Kier molecular flexibility index (Phi) is 4.29. The highest BCUT2D eigenvalue weighted by molar-refractivity contribution is 5.88. The number of fused-ring (bicyclic) bond motifs is 1. The van der Waals surface area contributed by atoms with Crippen LogP contribution in [0.4, 0.5) is 0 Å². The lowest BCUT2D eigenvalue weighted by molar-refractivity contribution is -0.140. The normalized spacial score (nSPS) is 10.7. The molecule has 3 rings (SSSR count). The molecule has 0 aliphatic carbocycles. The Morgan fingerprint density at radius 2 is 1.78 bits per heavy atom. The highest BCUT2D eigenvalue weighted by atomic mass is 16.5. The zero-order valence-corrected chi connectivity index (χ0v) is 13.0. The Balaban J connectivity index is 1.95. The first-order valence-electron chi connectivity index (χ1n) is 7.55. The smallest absolute Gasteiger partial charge is 0.305 e. The van der Waals surface area contributed by atoms with Gasteiger partial charge in [-0.2, -0.15) is 0 Å². The van der Waals surface area contributed by atoms with Crippen molar-refractivity contribution in [3.8, 4) is 16.9 Å². The molecule has 0 saturated heterocycles. The number of hydrogen-bond donors (Lipinski definition) is 1. The number of aryl methyl sites for hydroxylation is 1. The van der Waals surface area contributed by atoms with Crippen LogP contribution in [0.25, 0.3) is 21.9 Å². The zero-order valence-electron chi connectivity index (χ0n) is 13.0. The van der Waals surface area contributed by atoms with Crippen molar-refractivity contribution in [2.24, 2.45) is 0 Å². The second-order valence-electron chi connectivity index (χ2n) is 5.49. The standard InChI is InChI=1S/C20H18O3/c1-23-20(22)11-7-14-6-10-19(21)18(12-14)17-9-8-15-4-2-3-5-16(15)13-17/h2-6,8-10,12-13,21H,7,11H2,1H3. The number of phenolic OH excluding ortho intramolecular Hbond substituents is 1. The van der Waals surface area contributed by atoms with E-state index in [1.807, 2.05) is 36.4 Å². The molecule has 1 N–H and O–H groups in total. The molecule has 0 bridgehead atoms. The summed E-state index contributed by atoms with van der Waals surface area (Å²) < 4.78 is 4.67. The average Bonchev–Trinajstić information content (AvgIpc) is 2.60. The molecule has 0 aliphatic heterocycles. The van der Waals surface area contributed by atoms with E-state index in [0.717, 1.165) is 27.5 Å². The number of benzene rings is 3. The van der Waals surface area contributed by atoms with Gasteiger partial charge in [0.15, 0.2) is 0 Å². The Morgan fingerprint density at radius 3 is 2.57 bits per heavy atom. The third kappa shape index (κ3) is 3.34. The van der Waals surface area contributed by atoms with Gasteiger partial charge in [-0.3, -0.25) is 4.79 Å². The third-order valence-electron chi connectivity index (χ3n) is 3.97. The molecule has 0 heterocycles. The minimum atomic E-state index is -0.231. The highest BCUT2D eigenvalue weighted by Crippen LogP contribution is 2.32. The van der Waals surface area contributed by atoms with E-state index in [1.54, 1.807) is 6.07 Å². The SMILES string of the molecule is COC(=O)CCc1ccc(O)c(-c2ccc3ccccc3c2)c1. The molecule has 116 valence electrons. The van der Waals surface area contributed by atoms with Crippen molar-refractivity contribution >= 4 is 16.7 Å². The number of hydrogen-bond acceptors (Lipinski definition) is 3. The molecule has 3 heteroatoms. The van der Waals surface area contributed by atoms with Gasteiger partial charge in [0.2, 0.25) is 0 Å². The summed E-state index contributed by atoms with van der Waals surface area (Å²) in [7, 11) is 1.39. The summed E-state index contributed by atoms with van der Waals surface area (Å²) >= 11 is 0. The fraction of sp³-hybridized carbons (Fsp3) is 0.150. The summed E-state index contributed by atoms with van der Waals surface area (Å²) in [5.41, 5.74) is 2.73. The molecule has 3 nitrogen and oxygen atoms in total. The van der Waals surface area contributed by atoms with Crippen molar-refractivity contribution in [3.05, 3.63) is 66.2 Å². The van der Waals surface area contributed by atoms with Crippen LogP contribution in [0.5, 0.6) is 5.75 Å². The molecular weight excluding hydrogens is 288 g/mol. The number of methoxy groups -OCH3 is 1. The van der Waals surface area contributed by atoms with E-state index in [-0.39, 0.29) is 11.7 Å². The lowest BCUT2D eigenvalue weighted by Gasteiger charge is -2.09. The summed E-state index contributed by atoms with van der Waals surface area (Å²) in [6.07, 6.45) is 0.923. The van der Waals surface area contributed by atoms with Crippen LogP contribution in [0.3, 0.4) is 0 Å². The zero-order chi connectivity index (χ0) is 16.2. The number of aromatic hydroxyl groups is 1. The molecule has 0 radical (unpaired) electrons. The van der Waals surface area contributed by atoms with Crippen molar-refractivity contribution in [2.45, 2.75) is 12.8 Å². The van der Waals surface area contributed by atoms with E-state index in [9.17, 15) is 9.90 Å². The number of rotatable bonds is 4. The van der Waals surface area contributed by atoms with Crippen LogP contribution in [0.15, 0.2) is 60.7 Å². The summed E-state index contributed by atoms with van der Waals surface area (Å²) in [5, 5.41) is 12.5. The van der Waals surface area contributed by atoms with E-state index in [2.05, 4.69) is 22.9 Å². The van der Waals surface area contributed by atoms with E-state index < -0.39 is 0 Å². The molecule has 23 heavy (non-hydrogen) atoms. The van der Waals surface area contributed by atoms with Gasteiger partial charge < -0.3 is 9.84 Å². The van der Waals surface area contributed by atoms with Crippen molar-refractivity contribution < 1.29 is 14.6 Å². The second kappa shape index (κ2) is 6.53. The van der Waals surface area contributed by atoms with Gasteiger partial charge in [-0.05, 0) is 46.5 Å². The van der Waals surface area contributed by atoms with E-state index in [0.29, 0.717) is 12.8 Å². The van der Waals surface area contributed by atoms with Gasteiger partial charge in [-0.15, -0.1) is 0 Å². The summed E-state index contributed by atoms with van der Waals surface area (Å²) in [6.45, 7) is 0.